The molecule has 0 atom stereocenters. The summed E-state index contributed by atoms with van der Waals surface area (Å²) in [5.74, 6) is 0.0105. The monoisotopic (exact) mass is 373 g/mol. The molecule has 0 radical (unpaired) electrons. The second kappa shape index (κ2) is 7.17. The molecule has 0 saturated heterocycles. The maximum atomic E-state index is 10.6. The van der Waals surface area contributed by atoms with Crippen LogP contribution in [0.2, 0.25) is 0 Å². The van der Waals surface area contributed by atoms with E-state index in [1.54, 1.807) is 41.1 Å². The molecule has 1 heterocycles. The highest BCUT2D eigenvalue weighted by Crippen LogP contribution is 2.39. The number of azo groups is 1. The Kier molecular flexibility index (Phi) is 4.55. The summed E-state index contributed by atoms with van der Waals surface area (Å²) >= 11 is 0. The largest absolute Gasteiger partial charge is 0.505 e. The minimum Gasteiger partial charge on any atom is -0.505 e. The summed E-state index contributed by atoms with van der Waals surface area (Å²) in [5.41, 5.74) is 2.94. The molecule has 6 heteroatoms. The van der Waals surface area contributed by atoms with Crippen molar-refractivity contribution in [1.82, 2.24) is 4.57 Å². The predicted octanol–water partition coefficient (Wildman–Crippen LogP) is 5.26. The van der Waals surface area contributed by atoms with Gasteiger partial charge in [-0.15, -0.1) is 10.2 Å². The summed E-state index contributed by atoms with van der Waals surface area (Å²) in [6.45, 7) is 1.79. The molecular weight excluding hydrogens is 354 g/mol. The van der Waals surface area contributed by atoms with E-state index in [-0.39, 0.29) is 18.2 Å². The lowest BCUT2D eigenvalue weighted by Gasteiger charge is -2.06. The Balaban J connectivity index is 1.70. The summed E-state index contributed by atoms with van der Waals surface area (Å²) in [6, 6.07) is 18.2. The molecule has 6 nitrogen and oxygen atoms in total. The third-order valence-electron chi connectivity index (χ3n) is 4.67. The highest BCUT2D eigenvalue weighted by atomic mass is 16.3. The van der Waals surface area contributed by atoms with E-state index in [0.29, 0.717) is 16.8 Å². The number of hydrogen-bond acceptors (Lipinski definition) is 5. The number of rotatable bonds is 4. The van der Waals surface area contributed by atoms with Crippen molar-refractivity contribution in [1.29, 1.82) is 0 Å². The molecule has 0 bridgehead atoms. The molecule has 3 aromatic carbocycles. The number of aryl methyl sites for hydroxylation is 1. The number of aliphatic hydroxyl groups is 1. The van der Waals surface area contributed by atoms with Crippen molar-refractivity contribution in [2.24, 2.45) is 10.2 Å². The number of hydrogen-bond donors (Lipinski definition) is 3. The first-order valence-corrected chi connectivity index (χ1v) is 8.82. The van der Waals surface area contributed by atoms with Crippen LogP contribution in [-0.2, 0) is 6.61 Å². The number of aromatic hydroxyl groups is 2. The number of aliphatic hydroxyl groups excluding tert-OH is 1. The average Bonchev–Trinajstić information content (AvgIpc) is 3.01. The molecule has 4 aromatic rings. The lowest BCUT2D eigenvalue weighted by atomic mass is 10.1. The Bertz CT molecular complexity index is 1180. The highest BCUT2D eigenvalue weighted by Gasteiger charge is 2.14. The second-order valence-electron chi connectivity index (χ2n) is 6.53. The van der Waals surface area contributed by atoms with E-state index >= 15 is 0 Å². The van der Waals surface area contributed by atoms with E-state index < -0.39 is 0 Å². The fraction of sp³-hybridized carbons (Fsp3) is 0.0909. The lowest BCUT2D eigenvalue weighted by Crippen LogP contribution is -1.92. The third-order valence-corrected chi connectivity index (χ3v) is 4.67. The number of phenolic OH excluding ortho intramolecular Hbond substituents is 1. The molecular formula is C22H19N3O3. The van der Waals surface area contributed by atoms with Gasteiger partial charge in [-0.3, -0.25) is 4.57 Å². The van der Waals surface area contributed by atoms with Crippen LogP contribution in [0, 0.1) is 6.92 Å². The van der Waals surface area contributed by atoms with Gasteiger partial charge in [-0.05, 0) is 41.6 Å². The first-order valence-electron chi connectivity index (χ1n) is 8.82. The molecule has 28 heavy (non-hydrogen) atoms. The number of benzene rings is 3. The molecule has 0 saturated carbocycles. The molecule has 0 unspecified atom stereocenters. The Morgan fingerprint density at radius 1 is 0.893 bits per heavy atom. The molecule has 140 valence electrons. The van der Waals surface area contributed by atoms with E-state index in [4.69, 9.17) is 5.11 Å². The smallest absolute Gasteiger partial charge is 0.224 e. The van der Waals surface area contributed by atoms with Crippen LogP contribution in [0.1, 0.15) is 11.1 Å². The SMILES string of the molecule is Cc1cn(-c2ccc(CO)cc2)c(O)c1N=Nc1ccc2ccccc2c1O. The molecule has 0 spiro atoms. The number of phenols is 1. The quantitative estimate of drug-likeness (QED) is 0.426. The van der Waals surface area contributed by atoms with Crippen LogP contribution in [0.5, 0.6) is 11.6 Å². The van der Waals surface area contributed by atoms with Crippen LogP contribution < -0.4 is 0 Å². The maximum absolute atomic E-state index is 10.6. The van der Waals surface area contributed by atoms with Gasteiger partial charge in [-0.1, -0.05) is 42.5 Å². The zero-order valence-corrected chi connectivity index (χ0v) is 15.2. The van der Waals surface area contributed by atoms with E-state index in [9.17, 15) is 10.2 Å². The van der Waals surface area contributed by atoms with Gasteiger partial charge in [-0.25, -0.2) is 0 Å². The fourth-order valence-electron chi connectivity index (χ4n) is 3.12. The standard InChI is InChI=1S/C22H19N3O3/c1-14-12-25(17-9-6-15(13-26)7-10-17)22(28)20(14)24-23-19-11-8-16-4-2-3-5-18(16)21(19)27/h2-12,26-28H,13H2,1H3. The van der Waals surface area contributed by atoms with Crippen LogP contribution in [0.25, 0.3) is 16.5 Å². The molecule has 0 fully saturated rings. The van der Waals surface area contributed by atoms with Gasteiger partial charge in [-0.2, -0.15) is 0 Å². The summed E-state index contributed by atoms with van der Waals surface area (Å²) in [6.07, 6.45) is 1.76. The fourth-order valence-corrected chi connectivity index (χ4v) is 3.12. The Morgan fingerprint density at radius 2 is 1.64 bits per heavy atom. The van der Waals surface area contributed by atoms with Gasteiger partial charge in [0.05, 0.1) is 6.61 Å². The van der Waals surface area contributed by atoms with E-state index in [1.807, 2.05) is 37.3 Å². The number of aromatic nitrogens is 1. The minimum absolute atomic E-state index is 0.0360. The van der Waals surface area contributed by atoms with Crippen molar-refractivity contribution in [3.05, 3.63) is 78.0 Å². The Hall–Kier alpha value is -3.64. The molecule has 4 rings (SSSR count). The second-order valence-corrected chi connectivity index (χ2v) is 6.53. The summed E-state index contributed by atoms with van der Waals surface area (Å²) in [4.78, 5) is 0. The van der Waals surface area contributed by atoms with Crippen LogP contribution in [0.15, 0.2) is 77.1 Å². The van der Waals surface area contributed by atoms with Gasteiger partial charge in [0, 0.05) is 17.3 Å². The van der Waals surface area contributed by atoms with E-state index in [1.165, 1.54) is 0 Å². The zero-order valence-electron chi connectivity index (χ0n) is 15.2. The van der Waals surface area contributed by atoms with Crippen LogP contribution in [0.3, 0.4) is 0 Å². The van der Waals surface area contributed by atoms with Gasteiger partial charge in [0.25, 0.3) is 0 Å². The normalized spacial score (nSPS) is 11.5. The number of nitrogens with zero attached hydrogens (tertiary/aromatic N) is 3. The minimum atomic E-state index is -0.0433. The first kappa shape index (κ1) is 17.8. The van der Waals surface area contributed by atoms with Crippen molar-refractivity contribution in [3.63, 3.8) is 0 Å². The summed E-state index contributed by atoms with van der Waals surface area (Å²) < 4.78 is 1.60. The Morgan fingerprint density at radius 3 is 2.39 bits per heavy atom. The van der Waals surface area contributed by atoms with Crippen LogP contribution >= 0.6 is 0 Å². The van der Waals surface area contributed by atoms with Crippen molar-refractivity contribution in [2.45, 2.75) is 13.5 Å². The maximum Gasteiger partial charge on any atom is 0.224 e. The highest BCUT2D eigenvalue weighted by molar-refractivity contribution is 5.92. The molecule has 0 aliphatic heterocycles. The van der Waals surface area contributed by atoms with E-state index in [2.05, 4.69) is 10.2 Å². The van der Waals surface area contributed by atoms with Crippen LogP contribution in [-0.4, -0.2) is 19.9 Å². The van der Waals surface area contributed by atoms with Crippen molar-refractivity contribution in [2.75, 3.05) is 0 Å². The van der Waals surface area contributed by atoms with Crippen molar-refractivity contribution >= 4 is 22.1 Å². The first-order chi connectivity index (χ1) is 13.6. The Labute approximate surface area is 161 Å². The topological polar surface area (TPSA) is 90.3 Å². The van der Waals surface area contributed by atoms with Crippen molar-refractivity contribution in [3.8, 4) is 17.3 Å². The molecule has 0 amide bonds. The molecule has 1 aromatic heterocycles. The van der Waals surface area contributed by atoms with Gasteiger partial charge in [0.1, 0.15) is 5.69 Å². The lowest BCUT2D eigenvalue weighted by molar-refractivity contribution is 0.282. The predicted molar refractivity (Wildman–Crippen MR) is 108 cm³/mol. The molecule has 3 N–H and O–H groups in total. The molecule has 0 aliphatic rings. The number of fused-ring (bicyclic) bond motifs is 1. The summed E-state index contributed by atoms with van der Waals surface area (Å²) in [7, 11) is 0. The van der Waals surface area contributed by atoms with Crippen molar-refractivity contribution < 1.29 is 15.3 Å². The zero-order chi connectivity index (χ0) is 19.7. The van der Waals surface area contributed by atoms with E-state index in [0.717, 1.165) is 22.2 Å². The van der Waals surface area contributed by atoms with Gasteiger partial charge in [0.2, 0.25) is 5.88 Å². The van der Waals surface area contributed by atoms with Gasteiger partial charge < -0.3 is 15.3 Å². The third kappa shape index (κ3) is 3.10. The van der Waals surface area contributed by atoms with Gasteiger partial charge >= 0.3 is 0 Å². The summed E-state index contributed by atoms with van der Waals surface area (Å²) in [5, 5.41) is 40.2. The van der Waals surface area contributed by atoms with Gasteiger partial charge in [0.15, 0.2) is 11.4 Å². The average molecular weight is 373 g/mol. The van der Waals surface area contributed by atoms with Crippen LogP contribution in [0.4, 0.5) is 11.4 Å². The molecule has 0 aliphatic carbocycles.